The van der Waals surface area contributed by atoms with E-state index in [2.05, 4.69) is 47.4 Å². The maximum Gasteiger partial charge on any atom is 0.306 e. The van der Waals surface area contributed by atoms with E-state index in [4.69, 9.17) is 36.3 Å². The predicted octanol–water partition coefficient (Wildman–Crippen LogP) is 10.5. The maximum absolute atomic E-state index is 11.8. The van der Waals surface area contributed by atoms with Gasteiger partial charge in [-0.1, -0.05) is 94.9 Å². The van der Waals surface area contributed by atoms with E-state index in [1.54, 1.807) is 43.5 Å². The summed E-state index contributed by atoms with van der Waals surface area (Å²) in [4.78, 5) is 50.5. The molecule has 0 aliphatic rings. The van der Waals surface area contributed by atoms with E-state index in [1.807, 2.05) is 96.3 Å². The summed E-state index contributed by atoms with van der Waals surface area (Å²) in [6.45, 7) is 15.4. The SMILES string of the molecule is Cc1nc(Cl)cc(OCCCC(=O)OC(C)(C)C)n1.Cc1nc(Nc2ncc(-c3ccccc3)s2)cc(OCCCC(=O)OC(C)(C)C)n1.Nc1ncc(-c2ccccc2)s1. The average molecular weight is 890 g/mol. The minimum Gasteiger partial charge on any atom is -0.478 e. The van der Waals surface area contributed by atoms with Crippen LogP contribution in [0.3, 0.4) is 0 Å². The lowest BCUT2D eigenvalue weighted by atomic mass is 10.2. The summed E-state index contributed by atoms with van der Waals surface area (Å²) >= 11 is 8.84. The number of nitrogens with two attached hydrogens (primary N) is 1. The number of aromatic nitrogens is 6. The number of halogens is 1. The first-order chi connectivity index (χ1) is 28.9. The quantitative estimate of drug-likeness (QED) is 0.0597. The van der Waals surface area contributed by atoms with Gasteiger partial charge in [0.05, 0.1) is 23.0 Å². The van der Waals surface area contributed by atoms with Crippen LogP contribution in [-0.2, 0) is 19.1 Å². The molecule has 324 valence electrons. The minimum atomic E-state index is -0.474. The molecule has 0 amide bonds. The average Bonchev–Trinajstić information content (AvgIpc) is 3.84. The van der Waals surface area contributed by atoms with E-state index in [1.165, 1.54) is 16.9 Å². The molecule has 0 saturated carbocycles. The Balaban J connectivity index is 0.000000224. The third kappa shape index (κ3) is 19.0. The highest BCUT2D eigenvalue weighted by atomic mass is 35.5. The number of esters is 2. The number of anilines is 3. The molecule has 0 aliphatic heterocycles. The van der Waals surface area contributed by atoms with Crippen molar-refractivity contribution in [3.8, 4) is 32.6 Å². The van der Waals surface area contributed by atoms with Crippen LogP contribution in [0.25, 0.3) is 20.9 Å². The molecule has 0 atom stereocenters. The number of hydrogen-bond acceptors (Lipinski definition) is 16. The van der Waals surface area contributed by atoms with Gasteiger partial charge in [0, 0.05) is 37.4 Å². The monoisotopic (exact) mass is 888 g/mol. The first-order valence-corrected chi connectivity index (χ1v) is 21.5. The lowest BCUT2D eigenvalue weighted by Crippen LogP contribution is -2.24. The van der Waals surface area contributed by atoms with Crippen LogP contribution in [-0.4, -0.2) is 66.3 Å². The van der Waals surface area contributed by atoms with Crippen molar-refractivity contribution in [2.45, 2.75) is 92.3 Å². The molecule has 0 saturated heterocycles. The van der Waals surface area contributed by atoms with Gasteiger partial charge in [-0.3, -0.25) is 9.59 Å². The van der Waals surface area contributed by atoms with E-state index >= 15 is 0 Å². The molecule has 0 unspecified atom stereocenters. The number of benzene rings is 2. The molecule has 3 N–H and O–H groups in total. The van der Waals surface area contributed by atoms with Gasteiger partial charge in [-0.15, -0.1) is 0 Å². The van der Waals surface area contributed by atoms with Crippen LogP contribution in [0, 0.1) is 13.8 Å². The Morgan fingerprint density at radius 3 is 1.62 bits per heavy atom. The van der Waals surface area contributed by atoms with Gasteiger partial charge < -0.3 is 30.0 Å². The van der Waals surface area contributed by atoms with Crippen molar-refractivity contribution >= 4 is 62.3 Å². The fourth-order valence-corrected chi connectivity index (χ4v) is 6.76. The van der Waals surface area contributed by atoms with Crippen molar-refractivity contribution in [2.75, 3.05) is 24.3 Å². The number of thiazole rings is 2. The standard InChI is InChI=1S/C22H26N4O3S.C13H19ClN2O3.C9H8N2S/c1-15-24-18(26-21-23-14-17(30-21)16-9-6-5-7-10-16)13-19(25-15)28-12-8-11-20(27)29-22(2,3)4;1-9-15-10(14)8-11(16-9)18-7-5-6-12(17)19-13(2,3)4;10-9-11-6-8(12-9)7-4-2-1-3-5-7/h5-7,9-10,13-14H,8,11-12H2,1-4H3,(H,23,24,25,26);8H,5-7H2,1-4H3;1-6H,(H2,10,11). The summed E-state index contributed by atoms with van der Waals surface area (Å²) in [7, 11) is 0. The van der Waals surface area contributed by atoms with Gasteiger partial charge in [0.25, 0.3) is 0 Å². The molecule has 2 aromatic carbocycles. The molecule has 0 radical (unpaired) electrons. The second-order valence-electron chi connectivity index (χ2n) is 15.2. The molecule has 4 heterocycles. The van der Waals surface area contributed by atoms with Gasteiger partial charge in [-0.2, -0.15) is 9.97 Å². The molecule has 0 aliphatic carbocycles. The second kappa shape index (κ2) is 23.3. The van der Waals surface area contributed by atoms with Crippen molar-refractivity contribution in [3.63, 3.8) is 0 Å². The molecule has 0 fully saturated rings. The van der Waals surface area contributed by atoms with Crippen LogP contribution in [0.5, 0.6) is 11.8 Å². The highest BCUT2D eigenvalue weighted by Gasteiger charge is 2.17. The summed E-state index contributed by atoms with van der Waals surface area (Å²) in [6, 6.07) is 23.5. The van der Waals surface area contributed by atoms with Crippen molar-refractivity contribution < 1.29 is 28.5 Å². The number of nitrogens with zero attached hydrogens (tertiary/aromatic N) is 6. The lowest BCUT2D eigenvalue weighted by Gasteiger charge is -2.19. The van der Waals surface area contributed by atoms with Crippen LogP contribution < -0.4 is 20.5 Å². The zero-order valence-electron chi connectivity index (χ0n) is 35.7. The van der Waals surface area contributed by atoms with Crippen molar-refractivity contribution in [1.29, 1.82) is 0 Å². The number of rotatable bonds is 14. The van der Waals surface area contributed by atoms with Gasteiger partial charge >= 0.3 is 11.9 Å². The molecule has 14 nitrogen and oxygen atoms in total. The molecule has 6 aromatic rings. The van der Waals surface area contributed by atoms with Gasteiger partial charge in [0.2, 0.25) is 11.8 Å². The number of nitrogens with one attached hydrogen (secondary N) is 1. The van der Waals surface area contributed by atoms with E-state index in [0.29, 0.717) is 78.4 Å². The van der Waals surface area contributed by atoms with E-state index in [-0.39, 0.29) is 11.9 Å². The van der Waals surface area contributed by atoms with Gasteiger partial charge in [0.15, 0.2) is 10.3 Å². The number of carbonyl (C=O) groups is 2. The summed E-state index contributed by atoms with van der Waals surface area (Å²) in [5.41, 5.74) is 6.89. The number of hydrogen-bond donors (Lipinski definition) is 2. The lowest BCUT2D eigenvalue weighted by molar-refractivity contribution is -0.156. The van der Waals surface area contributed by atoms with Crippen LogP contribution in [0.2, 0.25) is 5.15 Å². The fraction of sp³-hybridized carbons (Fsp3) is 0.364. The molecule has 0 bridgehead atoms. The summed E-state index contributed by atoms with van der Waals surface area (Å²) < 4.78 is 21.6. The van der Waals surface area contributed by atoms with E-state index in [0.717, 1.165) is 20.4 Å². The minimum absolute atomic E-state index is 0.229. The third-order valence-corrected chi connectivity index (χ3v) is 9.40. The van der Waals surface area contributed by atoms with Gasteiger partial charge in [0.1, 0.15) is 33.8 Å². The maximum atomic E-state index is 11.8. The largest absolute Gasteiger partial charge is 0.478 e. The number of nitrogen functional groups attached to an aromatic ring is 1. The summed E-state index contributed by atoms with van der Waals surface area (Å²) in [6.07, 6.45) is 5.37. The van der Waals surface area contributed by atoms with Crippen LogP contribution in [0.15, 0.2) is 85.2 Å². The Labute approximate surface area is 370 Å². The predicted molar refractivity (Wildman–Crippen MR) is 242 cm³/mol. The van der Waals surface area contributed by atoms with Crippen molar-refractivity contribution in [2.24, 2.45) is 0 Å². The van der Waals surface area contributed by atoms with Gasteiger partial charge in [-0.05, 0) is 79.4 Å². The Bertz CT molecular complexity index is 2260. The first-order valence-electron chi connectivity index (χ1n) is 19.5. The molecular weight excluding hydrogens is 836 g/mol. The Morgan fingerprint density at radius 2 is 1.15 bits per heavy atom. The molecule has 61 heavy (non-hydrogen) atoms. The Hall–Kier alpha value is -5.71. The van der Waals surface area contributed by atoms with Crippen LogP contribution >= 0.6 is 34.3 Å². The van der Waals surface area contributed by atoms with E-state index in [9.17, 15) is 9.59 Å². The Kier molecular flexibility index (Phi) is 18.3. The topological polar surface area (TPSA) is 186 Å². The van der Waals surface area contributed by atoms with Gasteiger partial charge in [-0.25, -0.2) is 19.9 Å². The first kappa shape index (κ1) is 48.0. The molecule has 4 aromatic heterocycles. The van der Waals surface area contributed by atoms with E-state index < -0.39 is 11.2 Å². The molecule has 0 spiro atoms. The van der Waals surface area contributed by atoms with Crippen molar-refractivity contribution in [3.05, 3.63) is 102 Å². The third-order valence-electron chi connectivity index (χ3n) is 7.37. The zero-order valence-corrected chi connectivity index (χ0v) is 38.1. The Morgan fingerprint density at radius 1 is 0.672 bits per heavy atom. The second-order valence-corrected chi connectivity index (χ2v) is 17.7. The fourth-order valence-electron chi connectivity index (χ4n) is 5.03. The smallest absolute Gasteiger partial charge is 0.306 e. The highest BCUT2D eigenvalue weighted by molar-refractivity contribution is 7.19. The van der Waals surface area contributed by atoms with Crippen molar-refractivity contribution in [1.82, 2.24) is 29.9 Å². The number of ether oxygens (including phenoxy) is 4. The normalized spacial score (nSPS) is 11.0. The number of aryl methyl sites for hydroxylation is 2. The number of carbonyl (C=O) groups excluding carboxylic acids is 2. The van der Waals surface area contributed by atoms with Crippen LogP contribution in [0.4, 0.5) is 16.1 Å². The molecule has 6 rings (SSSR count). The molecule has 17 heteroatoms. The van der Waals surface area contributed by atoms with Crippen LogP contribution in [0.1, 0.15) is 78.9 Å². The summed E-state index contributed by atoms with van der Waals surface area (Å²) in [5.74, 6) is 2.16. The highest BCUT2D eigenvalue weighted by Crippen LogP contribution is 2.31. The molecular formula is C44H53ClN8O6S2. The summed E-state index contributed by atoms with van der Waals surface area (Å²) in [5, 5.41) is 4.91. The zero-order chi connectivity index (χ0) is 44.4.